The van der Waals surface area contributed by atoms with E-state index in [0.29, 0.717) is 12.1 Å². The van der Waals surface area contributed by atoms with Crippen molar-refractivity contribution >= 4 is 5.91 Å². The van der Waals surface area contributed by atoms with Crippen molar-refractivity contribution in [1.29, 1.82) is 0 Å². The fourth-order valence-electron chi connectivity index (χ4n) is 1.26. The van der Waals surface area contributed by atoms with Gasteiger partial charge in [0.15, 0.2) is 5.69 Å². The van der Waals surface area contributed by atoms with E-state index >= 15 is 0 Å². The largest absolute Gasteiger partial charge is 0.467 e. The molecule has 0 radical (unpaired) electrons. The van der Waals surface area contributed by atoms with Gasteiger partial charge in [-0.25, -0.2) is 0 Å². The summed E-state index contributed by atoms with van der Waals surface area (Å²) in [6.45, 7) is 6.35. The van der Waals surface area contributed by atoms with Crippen molar-refractivity contribution < 1.29 is 14.1 Å². The van der Waals surface area contributed by atoms with Crippen LogP contribution >= 0.6 is 0 Å². The van der Waals surface area contributed by atoms with Crippen molar-refractivity contribution in [3.8, 4) is 5.95 Å². The van der Waals surface area contributed by atoms with Gasteiger partial charge in [0.25, 0.3) is 5.91 Å². The summed E-state index contributed by atoms with van der Waals surface area (Å²) in [7, 11) is 5.41. The predicted molar refractivity (Wildman–Crippen MR) is 67.9 cm³/mol. The highest BCUT2D eigenvalue weighted by Crippen LogP contribution is 2.20. The maximum Gasteiger partial charge on any atom is 0.314 e. The van der Waals surface area contributed by atoms with Gasteiger partial charge >= 0.3 is 5.95 Å². The molecule has 0 atom stereocenters. The van der Waals surface area contributed by atoms with Gasteiger partial charge in [0.1, 0.15) is 0 Å². The van der Waals surface area contributed by atoms with E-state index in [9.17, 15) is 4.79 Å². The molecule has 1 amide bonds. The van der Waals surface area contributed by atoms with Gasteiger partial charge in [-0.2, -0.15) is 0 Å². The number of hydrogen-bond acceptors (Lipinski definition) is 5. The summed E-state index contributed by atoms with van der Waals surface area (Å²) in [6, 6.07) is 0. The van der Waals surface area contributed by atoms with E-state index in [1.54, 1.807) is 6.92 Å². The first-order valence-corrected chi connectivity index (χ1v) is 5.75. The van der Waals surface area contributed by atoms with Crippen LogP contribution in [0.15, 0.2) is 4.52 Å². The lowest BCUT2D eigenvalue weighted by Gasteiger charge is -2.32. The van der Waals surface area contributed by atoms with E-state index in [1.165, 1.54) is 7.11 Å². The smallest absolute Gasteiger partial charge is 0.314 e. The van der Waals surface area contributed by atoms with Gasteiger partial charge in [0.05, 0.1) is 12.7 Å². The van der Waals surface area contributed by atoms with Gasteiger partial charge in [0.2, 0.25) is 0 Å². The number of aromatic nitrogens is 1. The highest BCUT2D eigenvalue weighted by molar-refractivity contribution is 5.93. The number of amides is 1. The molecule has 102 valence electrons. The Kier molecular flexibility index (Phi) is 4.34. The Labute approximate surface area is 107 Å². The molecule has 1 aromatic rings. The van der Waals surface area contributed by atoms with Crippen molar-refractivity contribution in [2.45, 2.75) is 26.3 Å². The first kappa shape index (κ1) is 14.5. The molecule has 0 bridgehead atoms. The second-order valence-corrected chi connectivity index (χ2v) is 5.04. The molecule has 6 heteroatoms. The van der Waals surface area contributed by atoms with Crippen LogP contribution in [0.5, 0.6) is 5.95 Å². The molecule has 18 heavy (non-hydrogen) atoms. The van der Waals surface area contributed by atoms with Crippen LogP contribution in [0.25, 0.3) is 0 Å². The molecule has 0 saturated heterocycles. The number of nitrogens with one attached hydrogen (secondary N) is 1. The van der Waals surface area contributed by atoms with Crippen LogP contribution in [0, 0.1) is 6.92 Å². The zero-order valence-electron chi connectivity index (χ0n) is 11.8. The molecule has 0 saturated carbocycles. The Balaban J connectivity index is 2.69. The first-order valence-electron chi connectivity index (χ1n) is 5.75. The third-order valence-electron chi connectivity index (χ3n) is 3.17. The molecule has 1 aromatic heterocycles. The summed E-state index contributed by atoms with van der Waals surface area (Å²) in [5, 5.41) is 6.55. The fraction of sp³-hybridized carbons (Fsp3) is 0.667. The van der Waals surface area contributed by atoms with E-state index in [-0.39, 0.29) is 23.1 Å². The second kappa shape index (κ2) is 5.39. The van der Waals surface area contributed by atoms with Crippen molar-refractivity contribution in [3.63, 3.8) is 0 Å². The van der Waals surface area contributed by atoms with Gasteiger partial charge in [-0.3, -0.25) is 4.79 Å². The monoisotopic (exact) mass is 255 g/mol. The molecule has 1 rings (SSSR count). The maximum absolute atomic E-state index is 12.0. The average molecular weight is 255 g/mol. The zero-order valence-corrected chi connectivity index (χ0v) is 11.8. The topological polar surface area (TPSA) is 67.6 Å². The number of likely N-dealkylation sites (N-methyl/N-ethyl adjacent to an activating group) is 1. The molecule has 0 spiro atoms. The Morgan fingerprint density at radius 1 is 1.50 bits per heavy atom. The van der Waals surface area contributed by atoms with Crippen LogP contribution in [0.2, 0.25) is 0 Å². The fourth-order valence-corrected chi connectivity index (χ4v) is 1.26. The van der Waals surface area contributed by atoms with E-state index in [4.69, 9.17) is 9.26 Å². The van der Waals surface area contributed by atoms with Crippen LogP contribution in [0.3, 0.4) is 0 Å². The minimum Gasteiger partial charge on any atom is -0.467 e. The Morgan fingerprint density at radius 2 is 2.11 bits per heavy atom. The van der Waals surface area contributed by atoms with E-state index in [1.807, 2.05) is 32.8 Å². The van der Waals surface area contributed by atoms with Gasteiger partial charge in [-0.05, 0) is 34.9 Å². The number of carbonyl (C=O) groups excluding carboxylic acids is 1. The predicted octanol–water partition coefficient (Wildman–Crippen LogP) is 1.06. The van der Waals surface area contributed by atoms with Crippen LogP contribution in [-0.2, 0) is 0 Å². The molecule has 0 aliphatic carbocycles. The molecule has 0 fully saturated rings. The van der Waals surface area contributed by atoms with Crippen LogP contribution in [0.4, 0.5) is 0 Å². The third-order valence-corrected chi connectivity index (χ3v) is 3.17. The lowest BCUT2D eigenvalue weighted by atomic mass is 10.0. The van der Waals surface area contributed by atoms with Crippen molar-refractivity contribution in [1.82, 2.24) is 15.4 Å². The quantitative estimate of drug-likeness (QED) is 0.852. The highest BCUT2D eigenvalue weighted by atomic mass is 16.6. The number of ether oxygens (including phenoxy) is 1. The van der Waals surface area contributed by atoms with Gasteiger partial charge in [-0.15, -0.1) is 0 Å². The Morgan fingerprint density at radius 3 is 2.56 bits per heavy atom. The van der Waals surface area contributed by atoms with Crippen LogP contribution in [-0.4, -0.2) is 49.3 Å². The average Bonchev–Trinajstić information content (AvgIpc) is 2.67. The summed E-state index contributed by atoms with van der Waals surface area (Å²) in [6.07, 6.45) is 0. The highest BCUT2D eigenvalue weighted by Gasteiger charge is 2.24. The maximum atomic E-state index is 12.0. The standard InChI is InChI=1S/C12H21N3O3/c1-8-9(14-18-11(8)17-6)10(16)13-7-12(2,3)15(4)5/h7H2,1-6H3,(H,13,16). The number of carbonyl (C=O) groups is 1. The van der Waals surface area contributed by atoms with Crippen LogP contribution < -0.4 is 10.1 Å². The third kappa shape index (κ3) is 3.01. The molecule has 0 unspecified atom stereocenters. The normalized spacial score (nSPS) is 11.7. The van der Waals surface area contributed by atoms with Gasteiger partial charge in [0, 0.05) is 12.1 Å². The lowest BCUT2D eigenvalue weighted by molar-refractivity contribution is 0.0910. The van der Waals surface area contributed by atoms with E-state index in [2.05, 4.69) is 10.5 Å². The summed E-state index contributed by atoms with van der Waals surface area (Å²) < 4.78 is 9.84. The van der Waals surface area contributed by atoms with E-state index in [0.717, 1.165) is 0 Å². The molecule has 6 nitrogen and oxygen atoms in total. The summed E-state index contributed by atoms with van der Waals surface area (Å²) >= 11 is 0. The van der Waals surface area contributed by atoms with Gasteiger partial charge < -0.3 is 19.5 Å². The summed E-state index contributed by atoms with van der Waals surface area (Å²) in [5.74, 6) is 0.0153. The minimum absolute atomic E-state index is 0.128. The van der Waals surface area contributed by atoms with Gasteiger partial charge in [-0.1, -0.05) is 5.16 Å². The molecule has 1 heterocycles. The van der Waals surface area contributed by atoms with Crippen LogP contribution in [0.1, 0.15) is 29.9 Å². The second-order valence-electron chi connectivity index (χ2n) is 5.04. The van der Waals surface area contributed by atoms with Crippen molar-refractivity contribution in [3.05, 3.63) is 11.3 Å². The number of nitrogens with zero attached hydrogens (tertiary/aromatic N) is 2. The summed E-state index contributed by atoms with van der Waals surface area (Å²) in [5.41, 5.74) is 0.747. The molecule has 0 aromatic carbocycles. The SMILES string of the molecule is COc1onc(C(=O)NCC(C)(C)N(C)C)c1C. The molecule has 0 aliphatic heterocycles. The number of hydrogen-bond donors (Lipinski definition) is 1. The lowest BCUT2D eigenvalue weighted by Crippen LogP contribution is -2.48. The number of rotatable bonds is 5. The molecule has 0 aliphatic rings. The molecular weight excluding hydrogens is 234 g/mol. The minimum atomic E-state index is -0.255. The van der Waals surface area contributed by atoms with Crippen molar-refractivity contribution in [2.75, 3.05) is 27.7 Å². The summed E-state index contributed by atoms with van der Waals surface area (Å²) in [4.78, 5) is 14.0. The Bertz CT molecular complexity index is 424. The Hall–Kier alpha value is -1.56. The zero-order chi connectivity index (χ0) is 13.9. The number of methoxy groups -OCH3 is 1. The molecular formula is C12H21N3O3. The van der Waals surface area contributed by atoms with Crippen molar-refractivity contribution in [2.24, 2.45) is 0 Å². The first-order chi connectivity index (χ1) is 8.29. The van der Waals surface area contributed by atoms with E-state index < -0.39 is 0 Å². The molecule has 1 N–H and O–H groups in total.